The van der Waals surface area contributed by atoms with Gasteiger partial charge in [0.05, 0.1) is 10.2 Å². The Balaban J connectivity index is 1.74. The predicted octanol–water partition coefficient (Wildman–Crippen LogP) is 6.12. The zero-order valence-electron chi connectivity index (χ0n) is 14.1. The molecule has 1 atom stereocenters. The highest BCUT2D eigenvalue weighted by Crippen LogP contribution is 2.30. The molecule has 1 heterocycles. The minimum absolute atomic E-state index is 0.221. The van der Waals surface area contributed by atoms with Crippen LogP contribution in [-0.4, -0.2) is 10.9 Å². The zero-order valence-corrected chi connectivity index (χ0v) is 15.7. The third-order valence-electron chi connectivity index (χ3n) is 4.14. The fourth-order valence-electron chi connectivity index (χ4n) is 2.46. The maximum Gasteiger partial charge on any atom is 0.250 e. The van der Waals surface area contributed by atoms with Crippen LogP contribution in [0.3, 0.4) is 0 Å². The van der Waals surface area contributed by atoms with Gasteiger partial charge in [-0.2, -0.15) is 0 Å². The first-order valence-electron chi connectivity index (χ1n) is 8.21. The van der Waals surface area contributed by atoms with Gasteiger partial charge in [0, 0.05) is 11.1 Å². The molecular weight excluding hydrogens is 352 g/mol. The minimum Gasteiger partial charge on any atom is -0.298 e. The highest BCUT2D eigenvalue weighted by Gasteiger charge is 2.09. The van der Waals surface area contributed by atoms with Crippen molar-refractivity contribution in [2.24, 2.45) is 0 Å². The third kappa shape index (κ3) is 4.27. The average molecular weight is 371 g/mol. The maximum absolute atomic E-state index is 12.1. The molecule has 1 aromatic heterocycles. The molecule has 0 saturated carbocycles. The number of carbonyl (C=O) groups excluding carboxylic acids is 1. The number of thiazole rings is 1. The Morgan fingerprint density at radius 3 is 2.88 bits per heavy atom. The van der Waals surface area contributed by atoms with E-state index in [1.165, 1.54) is 23.0 Å². The number of hydrogen-bond acceptors (Lipinski definition) is 3. The maximum atomic E-state index is 12.1. The molecule has 0 aliphatic carbocycles. The van der Waals surface area contributed by atoms with Crippen LogP contribution in [0.1, 0.15) is 37.3 Å². The minimum atomic E-state index is -0.221. The Hall–Kier alpha value is -2.17. The number of nitrogens with one attached hydrogen (secondary N) is 1. The molecule has 5 heteroatoms. The second kappa shape index (κ2) is 7.81. The monoisotopic (exact) mass is 370 g/mol. The van der Waals surface area contributed by atoms with Gasteiger partial charge in [-0.05, 0) is 47.7 Å². The van der Waals surface area contributed by atoms with Crippen LogP contribution in [0.5, 0.6) is 0 Å². The second-order valence-electron chi connectivity index (χ2n) is 5.90. The summed E-state index contributed by atoms with van der Waals surface area (Å²) in [5, 5.41) is 4.04. The molecule has 0 fully saturated rings. The number of nitrogens with zero attached hydrogens (tertiary/aromatic N) is 1. The number of fused-ring (bicyclic) bond motifs is 1. The molecule has 3 aromatic rings. The van der Waals surface area contributed by atoms with Gasteiger partial charge in [0.1, 0.15) is 0 Å². The summed E-state index contributed by atoms with van der Waals surface area (Å²) < 4.78 is 1.09. The van der Waals surface area contributed by atoms with E-state index in [2.05, 4.69) is 36.3 Å². The van der Waals surface area contributed by atoms with Gasteiger partial charge in [0.15, 0.2) is 5.13 Å². The molecule has 1 N–H and O–H groups in total. The van der Waals surface area contributed by atoms with Crippen LogP contribution in [-0.2, 0) is 4.79 Å². The largest absolute Gasteiger partial charge is 0.298 e. The van der Waals surface area contributed by atoms with Gasteiger partial charge < -0.3 is 0 Å². The summed E-state index contributed by atoms with van der Waals surface area (Å²) in [6.45, 7) is 4.39. The van der Waals surface area contributed by atoms with Gasteiger partial charge in [-0.15, -0.1) is 0 Å². The van der Waals surface area contributed by atoms with Gasteiger partial charge in [-0.25, -0.2) is 4.98 Å². The van der Waals surface area contributed by atoms with E-state index in [4.69, 9.17) is 11.6 Å². The van der Waals surface area contributed by atoms with Crippen molar-refractivity contribution in [2.45, 2.75) is 26.2 Å². The van der Waals surface area contributed by atoms with Crippen molar-refractivity contribution in [1.29, 1.82) is 0 Å². The molecule has 0 aliphatic heterocycles. The van der Waals surface area contributed by atoms with E-state index in [0.29, 0.717) is 16.1 Å². The van der Waals surface area contributed by atoms with E-state index in [-0.39, 0.29) is 5.91 Å². The molecule has 3 rings (SSSR count). The van der Waals surface area contributed by atoms with Crippen LogP contribution in [0.2, 0.25) is 5.02 Å². The first-order valence-corrected chi connectivity index (χ1v) is 9.40. The molecule has 1 amide bonds. The van der Waals surface area contributed by atoms with Gasteiger partial charge >= 0.3 is 0 Å². The highest BCUT2D eigenvalue weighted by molar-refractivity contribution is 7.22. The van der Waals surface area contributed by atoms with Crippen molar-refractivity contribution in [3.05, 3.63) is 64.7 Å². The predicted molar refractivity (Wildman–Crippen MR) is 107 cm³/mol. The van der Waals surface area contributed by atoms with Crippen molar-refractivity contribution < 1.29 is 4.79 Å². The van der Waals surface area contributed by atoms with Crippen LogP contribution < -0.4 is 5.32 Å². The lowest BCUT2D eigenvalue weighted by molar-refractivity contribution is -0.111. The Bertz CT molecular complexity index is 932. The highest BCUT2D eigenvalue weighted by atomic mass is 35.5. The van der Waals surface area contributed by atoms with Crippen molar-refractivity contribution >= 4 is 50.3 Å². The van der Waals surface area contributed by atoms with Gasteiger partial charge in [-0.1, -0.05) is 61.1 Å². The van der Waals surface area contributed by atoms with Crippen LogP contribution in [0.4, 0.5) is 5.13 Å². The number of hydrogen-bond donors (Lipinski definition) is 1. The molecule has 0 saturated heterocycles. The summed E-state index contributed by atoms with van der Waals surface area (Å²) in [5.74, 6) is 0.296. The van der Waals surface area contributed by atoms with Gasteiger partial charge in [0.25, 0.3) is 0 Å². The summed E-state index contributed by atoms with van der Waals surface area (Å²) in [6.07, 6.45) is 4.27. The third-order valence-corrected chi connectivity index (χ3v) is 5.42. The topological polar surface area (TPSA) is 42.0 Å². The fourth-order valence-corrected chi connectivity index (χ4v) is 3.58. The van der Waals surface area contributed by atoms with E-state index in [1.54, 1.807) is 12.1 Å². The number of anilines is 1. The number of rotatable bonds is 5. The van der Waals surface area contributed by atoms with Crippen molar-refractivity contribution in [2.75, 3.05) is 5.32 Å². The molecule has 25 heavy (non-hydrogen) atoms. The standard InChI is InChI=1S/C20H19ClN2OS/c1-3-13(2)15-8-10-17-18(12-15)25-20(22-17)23-19(24)11-9-14-6-4-5-7-16(14)21/h4-13H,3H2,1-2H3,(H,22,23,24)/b11-9+. The van der Waals surface area contributed by atoms with Crippen LogP contribution in [0.15, 0.2) is 48.5 Å². The number of carbonyl (C=O) groups is 1. The Morgan fingerprint density at radius 1 is 1.32 bits per heavy atom. The molecule has 2 aromatic carbocycles. The van der Waals surface area contributed by atoms with Crippen molar-refractivity contribution in [3.63, 3.8) is 0 Å². The lowest BCUT2D eigenvalue weighted by Crippen LogP contribution is -2.07. The van der Waals surface area contributed by atoms with Crippen molar-refractivity contribution in [1.82, 2.24) is 4.98 Å². The number of halogens is 1. The van der Waals surface area contributed by atoms with E-state index >= 15 is 0 Å². The summed E-state index contributed by atoms with van der Waals surface area (Å²) in [4.78, 5) is 16.6. The van der Waals surface area contributed by atoms with E-state index in [0.717, 1.165) is 22.2 Å². The molecule has 3 nitrogen and oxygen atoms in total. The second-order valence-corrected chi connectivity index (χ2v) is 7.34. The van der Waals surface area contributed by atoms with E-state index < -0.39 is 0 Å². The number of aromatic nitrogens is 1. The summed E-state index contributed by atoms with van der Waals surface area (Å²) in [5.41, 5.74) is 3.01. The molecule has 0 radical (unpaired) electrons. The lowest BCUT2D eigenvalue weighted by Gasteiger charge is -2.07. The first kappa shape index (κ1) is 17.6. The van der Waals surface area contributed by atoms with Crippen molar-refractivity contribution in [3.8, 4) is 0 Å². The van der Waals surface area contributed by atoms with Gasteiger partial charge in [0.2, 0.25) is 5.91 Å². The molecular formula is C20H19ClN2OS. The Morgan fingerprint density at radius 2 is 2.12 bits per heavy atom. The quantitative estimate of drug-likeness (QED) is 0.550. The van der Waals surface area contributed by atoms with Crippen LogP contribution in [0, 0.1) is 0 Å². The summed E-state index contributed by atoms with van der Waals surface area (Å²) >= 11 is 7.57. The molecule has 128 valence electrons. The molecule has 0 bridgehead atoms. The normalized spacial score (nSPS) is 12.6. The molecule has 1 unspecified atom stereocenters. The van der Waals surface area contributed by atoms with E-state index in [9.17, 15) is 4.79 Å². The van der Waals surface area contributed by atoms with Crippen LogP contribution >= 0.6 is 22.9 Å². The fraction of sp³-hybridized carbons (Fsp3) is 0.200. The molecule has 0 aliphatic rings. The molecule has 0 spiro atoms. The van der Waals surface area contributed by atoms with Gasteiger partial charge in [-0.3, -0.25) is 10.1 Å². The number of amides is 1. The smallest absolute Gasteiger partial charge is 0.250 e. The summed E-state index contributed by atoms with van der Waals surface area (Å²) in [7, 11) is 0. The lowest BCUT2D eigenvalue weighted by atomic mass is 9.99. The summed E-state index contributed by atoms with van der Waals surface area (Å²) in [6, 6.07) is 13.7. The number of benzene rings is 2. The van der Waals surface area contributed by atoms with E-state index in [1.807, 2.05) is 24.3 Å². The van der Waals surface area contributed by atoms with Crippen LogP contribution in [0.25, 0.3) is 16.3 Å². The SMILES string of the molecule is CCC(C)c1ccc2nc(NC(=O)/C=C/c3ccccc3Cl)sc2c1. The average Bonchev–Trinajstić information content (AvgIpc) is 3.01. The zero-order chi connectivity index (χ0) is 17.8. The Kier molecular flexibility index (Phi) is 5.51. The Labute approximate surface area is 156 Å². The first-order chi connectivity index (χ1) is 12.1.